The number of nitrogens with one attached hydrogen (secondary N) is 1. The quantitative estimate of drug-likeness (QED) is 0.0407. The lowest BCUT2D eigenvalue weighted by molar-refractivity contribution is -0.131. The second-order valence-electron chi connectivity index (χ2n) is 13.4. The minimum absolute atomic E-state index is 0.302. The van der Waals surface area contributed by atoms with Gasteiger partial charge in [-0.25, -0.2) is 0 Å². The Hall–Kier alpha value is -0.700. The average Bonchev–Trinajstić information content (AvgIpc) is 2.98. The number of aliphatic hydroxyl groups excluding tert-OH is 2. The third kappa shape index (κ3) is 30.0. The molecule has 4 N–H and O–H groups in total. The van der Waals surface area contributed by atoms with E-state index in [0.29, 0.717) is 12.8 Å². The predicted octanol–water partition coefficient (Wildman–Crippen LogP) is 9.43. The molecule has 1 amide bonds. The van der Waals surface area contributed by atoms with Gasteiger partial charge in [0.25, 0.3) is 10.1 Å². The summed E-state index contributed by atoms with van der Waals surface area (Å²) in [5, 5.41) is 23.4. The van der Waals surface area contributed by atoms with Gasteiger partial charge in [0.05, 0.1) is 17.9 Å². The van der Waals surface area contributed by atoms with Crippen molar-refractivity contribution in [2.75, 3.05) is 5.75 Å². The number of hydrogen-bond donors (Lipinski definition) is 4. The molecule has 44 heavy (non-hydrogen) atoms. The molecule has 0 aromatic heterocycles. The Balaban J connectivity index is 4.00. The molecular weight excluding hydrogens is 574 g/mol. The van der Waals surface area contributed by atoms with Crippen molar-refractivity contribution in [1.29, 1.82) is 0 Å². The largest absolute Gasteiger partial charge is 0.391 e. The van der Waals surface area contributed by atoms with E-state index >= 15 is 0 Å². The fourth-order valence-electron chi connectivity index (χ4n) is 5.99. The highest BCUT2D eigenvalue weighted by Gasteiger charge is 2.28. The number of hydrogen-bond acceptors (Lipinski definition) is 5. The zero-order valence-corrected chi connectivity index (χ0v) is 29.7. The molecule has 0 aliphatic carbocycles. The predicted molar refractivity (Wildman–Crippen MR) is 186 cm³/mol. The molecule has 0 bridgehead atoms. The molecule has 0 aliphatic heterocycles. The molecule has 264 valence electrons. The summed E-state index contributed by atoms with van der Waals surface area (Å²) in [6, 6.07) is -1.14. The van der Waals surface area contributed by atoms with Crippen LogP contribution in [0.2, 0.25) is 0 Å². The van der Waals surface area contributed by atoms with E-state index in [1.165, 1.54) is 122 Å². The summed E-state index contributed by atoms with van der Waals surface area (Å²) < 4.78 is 32.4. The lowest BCUT2D eigenvalue weighted by Gasteiger charge is -2.24. The van der Waals surface area contributed by atoms with Gasteiger partial charge >= 0.3 is 0 Å². The van der Waals surface area contributed by atoms with E-state index in [4.69, 9.17) is 0 Å². The molecule has 0 saturated heterocycles. The summed E-state index contributed by atoms with van der Waals surface area (Å²) in [6.45, 7) is 4.48. The monoisotopic (exact) mass is 648 g/mol. The number of amides is 1. The molecule has 3 atom stereocenters. The Morgan fingerprint density at radius 3 is 1.14 bits per heavy atom. The smallest absolute Gasteiger partial charge is 0.266 e. The minimum Gasteiger partial charge on any atom is -0.391 e. The lowest BCUT2D eigenvalue weighted by Crippen LogP contribution is -2.50. The first kappa shape index (κ1) is 43.3. The first-order valence-corrected chi connectivity index (χ1v) is 20.4. The topological polar surface area (TPSA) is 124 Å². The molecule has 7 nitrogen and oxygen atoms in total. The summed E-state index contributed by atoms with van der Waals surface area (Å²) in [6.07, 6.45) is 31.2. The van der Waals surface area contributed by atoms with E-state index in [0.717, 1.165) is 51.4 Å². The van der Waals surface area contributed by atoms with Crippen molar-refractivity contribution in [1.82, 2.24) is 5.32 Å². The van der Waals surface area contributed by atoms with Crippen LogP contribution in [0.1, 0.15) is 200 Å². The average molecular weight is 648 g/mol. The van der Waals surface area contributed by atoms with E-state index in [9.17, 15) is 28.0 Å². The molecule has 0 heterocycles. The van der Waals surface area contributed by atoms with Crippen molar-refractivity contribution in [3.8, 4) is 0 Å². The second-order valence-corrected chi connectivity index (χ2v) is 14.9. The van der Waals surface area contributed by atoms with Crippen LogP contribution in [0, 0.1) is 0 Å². The molecule has 0 rings (SSSR count). The zero-order chi connectivity index (χ0) is 32.7. The molecule has 0 fully saturated rings. The number of carbonyl (C=O) groups is 1. The van der Waals surface area contributed by atoms with Gasteiger partial charge in [-0.05, 0) is 12.8 Å². The van der Waals surface area contributed by atoms with Gasteiger partial charge in [-0.3, -0.25) is 9.35 Å². The van der Waals surface area contributed by atoms with Crippen LogP contribution < -0.4 is 5.32 Å². The highest BCUT2D eigenvalue weighted by atomic mass is 32.2. The first-order chi connectivity index (χ1) is 21.2. The normalized spacial score (nSPS) is 14.0. The Morgan fingerprint density at radius 1 is 0.523 bits per heavy atom. The first-order valence-electron chi connectivity index (χ1n) is 18.8. The van der Waals surface area contributed by atoms with Crippen molar-refractivity contribution >= 4 is 16.0 Å². The maximum absolute atomic E-state index is 12.5. The van der Waals surface area contributed by atoms with Gasteiger partial charge in [0, 0.05) is 0 Å². The zero-order valence-electron chi connectivity index (χ0n) is 28.9. The van der Waals surface area contributed by atoms with Gasteiger partial charge in [0.1, 0.15) is 6.10 Å². The lowest BCUT2D eigenvalue weighted by atomic mass is 10.0. The van der Waals surface area contributed by atoms with E-state index < -0.39 is 40.0 Å². The highest BCUT2D eigenvalue weighted by Crippen LogP contribution is 2.16. The van der Waals surface area contributed by atoms with Crippen LogP contribution >= 0.6 is 0 Å². The molecule has 3 unspecified atom stereocenters. The number of carbonyl (C=O) groups excluding carboxylic acids is 1. The highest BCUT2D eigenvalue weighted by molar-refractivity contribution is 7.85. The van der Waals surface area contributed by atoms with Crippen molar-refractivity contribution in [2.24, 2.45) is 0 Å². The van der Waals surface area contributed by atoms with E-state index in [1.807, 2.05) is 0 Å². The van der Waals surface area contributed by atoms with Crippen LogP contribution in [0.15, 0.2) is 0 Å². The third-order valence-electron chi connectivity index (χ3n) is 8.92. The van der Waals surface area contributed by atoms with Gasteiger partial charge in [-0.2, -0.15) is 8.42 Å². The molecule has 8 heteroatoms. The fourth-order valence-corrected chi connectivity index (χ4v) is 6.75. The number of aliphatic hydroxyl groups is 2. The molecule has 0 aromatic rings. The summed E-state index contributed by atoms with van der Waals surface area (Å²) in [5.41, 5.74) is 0. The van der Waals surface area contributed by atoms with Crippen LogP contribution in [0.25, 0.3) is 0 Å². The standard InChI is InChI=1S/C36H73NO6S/c1-3-5-7-9-11-13-15-16-17-18-19-21-22-24-26-28-30-34(38)33(32-44(41,42)43)37-36(40)35(39)31-29-27-25-23-20-14-12-10-8-6-4-2/h33-35,38-39H,3-32H2,1-2H3,(H,37,40)(H,41,42,43). The van der Waals surface area contributed by atoms with Crippen LogP contribution in [0.4, 0.5) is 0 Å². The molecule has 0 aliphatic rings. The van der Waals surface area contributed by atoms with Gasteiger partial charge in [0.2, 0.25) is 5.91 Å². The molecule has 0 aromatic carbocycles. The van der Waals surface area contributed by atoms with E-state index in [1.54, 1.807) is 0 Å². The Bertz CT molecular complexity index is 732. The number of rotatable bonds is 34. The van der Waals surface area contributed by atoms with Crippen molar-refractivity contribution in [3.63, 3.8) is 0 Å². The Labute approximate surface area is 272 Å². The van der Waals surface area contributed by atoms with E-state index in [2.05, 4.69) is 19.2 Å². The summed E-state index contributed by atoms with van der Waals surface area (Å²) in [7, 11) is -4.40. The van der Waals surface area contributed by atoms with Gasteiger partial charge < -0.3 is 15.5 Å². The molecule has 0 radical (unpaired) electrons. The third-order valence-corrected chi connectivity index (χ3v) is 9.70. The Kier molecular flexibility index (Phi) is 30.4. The van der Waals surface area contributed by atoms with Crippen molar-refractivity contribution in [2.45, 2.75) is 218 Å². The van der Waals surface area contributed by atoms with Crippen LogP contribution in [-0.4, -0.2) is 53.1 Å². The summed E-state index contributed by atoms with van der Waals surface area (Å²) in [5.74, 6) is -1.44. The maximum Gasteiger partial charge on any atom is 0.266 e. The van der Waals surface area contributed by atoms with E-state index in [-0.39, 0.29) is 0 Å². The van der Waals surface area contributed by atoms with Gasteiger partial charge in [0.15, 0.2) is 0 Å². The van der Waals surface area contributed by atoms with Gasteiger partial charge in [-0.15, -0.1) is 0 Å². The Morgan fingerprint density at radius 2 is 0.818 bits per heavy atom. The van der Waals surface area contributed by atoms with Crippen molar-refractivity contribution < 1.29 is 28.0 Å². The second kappa shape index (κ2) is 30.9. The fraction of sp³-hybridized carbons (Fsp3) is 0.972. The molecule has 0 spiro atoms. The van der Waals surface area contributed by atoms with Crippen LogP contribution in [0.5, 0.6) is 0 Å². The van der Waals surface area contributed by atoms with Gasteiger partial charge in [-0.1, -0.05) is 187 Å². The summed E-state index contributed by atoms with van der Waals surface area (Å²) >= 11 is 0. The van der Waals surface area contributed by atoms with Crippen molar-refractivity contribution in [3.05, 3.63) is 0 Å². The number of unbranched alkanes of at least 4 members (excludes halogenated alkanes) is 25. The minimum atomic E-state index is -4.40. The molecule has 0 saturated carbocycles. The molecular formula is C36H73NO6S. The SMILES string of the molecule is CCCCCCCCCCCCCCCCCCC(O)C(CS(=O)(=O)O)NC(=O)C(O)CCCCCCCCCCCCC. The van der Waals surface area contributed by atoms with Crippen LogP contribution in [0.3, 0.4) is 0 Å². The summed E-state index contributed by atoms with van der Waals surface area (Å²) in [4.78, 5) is 12.5. The van der Waals surface area contributed by atoms with Crippen LogP contribution in [-0.2, 0) is 14.9 Å². The maximum atomic E-state index is 12.5.